The number of nitrogens with zero attached hydrogens (tertiary/aromatic N) is 1. The third kappa shape index (κ3) is 3.78. The lowest BCUT2D eigenvalue weighted by molar-refractivity contribution is -0.132. The molecule has 0 heterocycles. The molecule has 0 aliphatic carbocycles. The Hall–Kier alpha value is -1.49. The predicted octanol–water partition coefficient (Wildman–Crippen LogP) is 1.71. The molecule has 0 aromatic heterocycles. The van der Waals surface area contributed by atoms with Crippen LogP contribution in [0.25, 0.3) is 0 Å². The molecule has 0 aliphatic heterocycles. The van der Waals surface area contributed by atoms with Gasteiger partial charge in [0.15, 0.2) is 0 Å². The molecule has 0 spiro atoms. The molecular formula is C12H15FN2OS. The number of hydrogen-bond donors (Lipinski definition) is 1. The van der Waals surface area contributed by atoms with Gasteiger partial charge in [0.05, 0.1) is 10.9 Å². The van der Waals surface area contributed by atoms with Gasteiger partial charge < -0.3 is 10.6 Å². The third-order valence-electron chi connectivity index (χ3n) is 2.48. The monoisotopic (exact) mass is 254 g/mol. The van der Waals surface area contributed by atoms with E-state index in [1.54, 1.807) is 26.1 Å². The molecule has 5 heteroatoms. The molecule has 17 heavy (non-hydrogen) atoms. The second kappa shape index (κ2) is 5.72. The summed E-state index contributed by atoms with van der Waals surface area (Å²) in [5, 5.41) is 0. The van der Waals surface area contributed by atoms with E-state index in [9.17, 15) is 9.18 Å². The quantitative estimate of drug-likeness (QED) is 0.832. The fourth-order valence-corrected chi connectivity index (χ4v) is 1.54. The number of amides is 1. The molecule has 0 radical (unpaired) electrons. The largest absolute Gasteiger partial charge is 0.393 e. The van der Waals surface area contributed by atoms with E-state index < -0.39 is 5.92 Å². The first-order valence-electron chi connectivity index (χ1n) is 5.20. The number of nitrogens with two attached hydrogens (primary N) is 1. The lowest BCUT2D eigenvalue weighted by atomic mass is 10.1. The number of thiocarbonyl (C=S) groups is 1. The van der Waals surface area contributed by atoms with Gasteiger partial charge in [-0.05, 0) is 24.6 Å². The maximum atomic E-state index is 13.0. The summed E-state index contributed by atoms with van der Waals surface area (Å²) in [6.45, 7) is 2.00. The SMILES string of the molecule is CC(C(=O)N(C)Cc1cccc(F)c1)C(N)=S. The van der Waals surface area contributed by atoms with Gasteiger partial charge in [0.25, 0.3) is 0 Å². The average molecular weight is 254 g/mol. The smallest absolute Gasteiger partial charge is 0.232 e. The van der Waals surface area contributed by atoms with Gasteiger partial charge in [-0.3, -0.25) is 4.79 Å². The van der Waals surface area contributed by atoms with Crippen LogP contribution in [0.5, 0.6) is 0 Å². The highest BCUT2D eigenvalue weighted by Gasteiger charge is 2.19. The maximum Gasteiger partial charge on any atom is 0.232 e. The fourth-order valence-electron chi connectivity index (χ4n) is 1.44. The van der Waals surface area contributed by atoms with Crippen LogP contribution < -0.4 is 5.73 Å². The summed E-state index contributed by atoms with van der Waals surface area (Å²) in [5.41, 5.74) is 6.15. The summed E-state index contributed by atoms with van der Waals surface area (Å²) in [7, 11) is 1.64. The van der Waals surface area contributed by atoms with Gasteiger partial charge in [-0.1, -0.05) is 24.4 Å². The van der Waals surface area contributed by atoms with Crippen molar-refractivity contribution >= 4 is 23.1 Å². The van der Waals surface area contributed by atoms with Crippen molar-refractivity contribution in [1.82, 2.24) is 4.90 Å². The maximum absolute atomic E-state index is 13.0. The lowest BCUT2D eigenvalue weighted by Crippen LogP contribution is -2.37. The zero-order chi connectivity index (χ0) is 13.0. The fraction of sp³-hybridized carbons (Fsp3) is 0.333. The second-order valence-corrected chi connectivity index (χ2v) is 4.42. The van der Waals surface area contributed by atoms with Crippen molar-refractivity contribution in [2.45, 2.75) is 13.5 Å². The van der Waals surface area contributed by atoms with E-state index in [2.05, 4.69) is 0 Å². The minimum atomic E-state index is -0.497. The molecule has 1 amide bonds. The first-order chi connectivity index (χ1) is 7.91. The van der Waals surface area contributed by atoms with Crippen molar-refractivity contribution in [2.24, 2.45) is 11.7 Å². The Bertz CT molecular complexity index is 436. The van der Waals surface area contributed by atoms with E-state index in [0.29, 0.717) is 6.54 Å². The minimum absolute atomic E-state index is 0.165. The molecule has 0 saturated carbocycles. The van der Waals surface area contributed by atoms with Crippen LogP contribution in [0.15, 0.2) is 24.3 Å². The van der Waals surface area contributed by atoms with Crippen molar-refractivity contribution in [3.63, 3.8) is 0 Å². The summed E-state index contributed by atoms with van der Waals surface area (Å²) >= 11 is 4.77. The van der Waals surface area contributed by atoms with E-state index >= 15 is 0 Å². The molecule has 0 saturated heterocycles. The summed E-state index contributed by atoms with van der Waals surface area (Å²) in [6, 6.07) is 6.14. The number of benzene rings is 1. The van der Waals surface area contributed by atoms with Crippen LogP contribution in [0, 0.1) is 11.7 Å². The first kappa shape index (κ1) is 13.6. The highest BCUT2D eigenvalue weighted by Crippen LogP contribution is 2.09. The van der Waals surface area contributed by atoms with Crippen molar-refractivity contribution in [3.05, 3.63) is 35.6 Å². The molecule has 1 aromatic rings. The van der Waals surface area contributed by atoms with Gasteiger partial charge in [-0.25, -0.2) is 4.39 Å². The standard InChI is InChI=1S/C12H15FN2OS/c1-8(11(14)17)12(16)15(2)7-9-4-3-5-10(13)6-9/h3-6,8H,7H2,1-2H3,(H2,14,17). The van der Waals surface area contributed by atoms with Crippen LogP contribution in [-0.2, 0) is 11.3 Å². The molecule has 0 aliphatic rings. The number of halogens is 1. The van der Waals surface area contributed by atoms with E-state index in [1.807, 2.05) is 0 Å². The lowest BCUT2D eigenvalue weighted by Gasteiger charge is -2.20. The van der Waals surface area contributed by atoms with Crippen LogP contribution in [0.1, 0.15) is 12.5 Å². The van der Waals surface area contributed by atoms with E-state index in [4.69, 9.17) is 18.0 Å². The van der Waals surface area contributed by atoms with E-state index in [0.717, 1.165) is 5.56 Å². The van der Waals surface area contributed by atoms with Gasteiger partial charge in [0.2, 0.25) is 5.91 Å². The molecular weight excluding hydrogens is 239 g/mol. The zero-order valence-electron chi connectivity index (χ0n) is 9.81. The van der Waals surface area contributed by atoms with Gasteiger partial charge in [0, 0.05) is 13.6 Å². The van der Waals surface area contributed by atoms with Gasteiger partial charge in [-0.15, -0.1) is 0 Å². The molecule has 0 fully saturated rings. The Kier molecular flexibility index (Phi) is 4.57. The predicted molar refractivity (Wildman–Crippen MR) is 68.8 cm³/mol. The van der Waals surface area contributed by atoms with Crippen LogP contribution in [-0.4, -0.2) is 22.8 Å². The van der Waals surface area contributed by atoms with Crippen molar-refractivity contribution in [3.8, 4) is 0 Å². The highest BCUT2D eigenvalue weighted by molar-refractivity contribution is 7.80. The highest BCUT2D eigenvalue weighted by atomic mass is 32.1. The average Bonchev–Trinajstić information content (AvgIpc) is 2.26. The zero-order valence-corrected chi connectivity index (χ0v) is 10.6. The van der Waals surface area contributed by atoms with Crippen molar-refractivity contribution in [2.75, 3.05) is 7.05 Å². The van der Waals surface area contributed by atoms with Crippen molar-refractivity contribution in [1.29, 1.82) is 0 Å². The van der Waals surface area contributed by atoms with Gasteiger partial charge in [-0.2, -0.15) is 0 Å². The number of rotatable bonds is 4. The summed E-state index contributed by atoms with van der Waals surface area (Å²) in [6.07, 6.45) is 0. The van der Waals surface area contributed by atoms with Gasteiger partial charge in [0.1, 0.15) is 5.82 Å². The molecule has 1 rings (SSSR count). The number of carbonyl (C=O) groups is 1. The molecule has 1 unspecified atom stereocenters. The van der Waals surface area contributed by atoms with E-state index in [1.165, 1.54) is 17.0 Å². The molecule has 1 aromatic carbocycles. The van der Waals surface area contributed by atoms with Crippen molar-refractivity contribution < 1.29 is 9.18 Å². The minimum Gasteiger partial charge on any atom is -0.393 e. The number of carbonyl (C=O) groups excluding carboxylic acids is 1. The summed E-state index contributed by atoms with van der Waals surface area (Å²) < 4.78 is 13.0. The van der Waals surface area contributed by atoms with Crippen LogP contribution in [0.3, 0.4) is 0 Å². The Morgan fingerprint density at radius 3 is 2.76 bits per heavy atom. The first-order valence-corrected chi connectivity index (χ1v) is 5.61. The molecule has 1 atom stereocenters. The Morgan fingerprint density at radius 2 is 2.24 bits per heavy atom. The van der Waals surface area contributed by atoms with Crippen LogP contribution in [0.2, 0.25) is 0 Å². The molecule has 92 valence electrons. The van der Waals surface area contributed by atoms with E-state index in [-0.39, 0.29) is 16.7 Å². The summed E-state index contributed by atoms with van der Waals surface area (Å²) in [4.78, 5) is 13.5. The Morgan fingerprint density at radius 1 is 1.59 bits per heavy atom. The Labute approximate surface area is 105 Å². The molecule has 3 nitrogen and oxygen atoms in total. The molecule has 2 N–H and O–H groups in total. The normalized spacial score (nSPS) is 11.9. The topological polar surface area (TPSA) is 46.3 Å². The Balaban J connectivity index is 2.69. The summed E-state index contributed by atoms with van der Waals surface area (Å²) in [5.74, 6) is -0.976. The van der Waals surface area contributed by atoms with Crippen LogP contribution >= 0.6 is 12.2 Å². The van der Waals surface area contributed by atoms with Crippen LogP contribution in [0.4, 0.5) is 4.39 Å². The third-order valence-corrected chi connectivity index (χ3v) is 2.84. The number of hydrogen-bond acceptors (Lipinski definition) is 2. The van der Waals surface area contributed by atoms with Gasteiger partial charge >= 0.3 is 0 Å². The molecule has 0 bridgehead atoms. The second-order valence-electron chi connectivity index (χ2n) is 3.95.